The van der Waals surface area contributed by atoms with E-state index in [0.29, 0.717) is 21.8 Å². The molecule has 0 saturated heterocycles. The minimum Gasteiger partial charge on any atom is -0.462 e. The van der Waals surface area contributed by atoms with Crippen molar-refractivity contribution < 1.29 is 19.1 Å². The lowest BCUT2D eigenvalue weighted by Gasteiger charge is -2.34. The molecule has 1 saturated carbocycles. The lowest BCUT2D eigenvalue weighted by atomic mass is 9.93. The second-order valence-electron chi connectivity index (χ2n) is 7.27. The van der Waals surface area contributed by atoms with Crippen LogP contribution in [0, 0.1) is 0 Å². The number of nitrogens with two attached hydrogens (primary N) is 1. The monoisotopic (exact) mass is 454 g/mol. The van der Waals surface area contributed by atoms with Gasteiger partial charge >= 0.3 is 11.9 Å². The summed E-state index contributed by atoms with van der Waals surface area (Å²) in [6, 6.07) is 4.07. The van der Waals surface area contributed by atoms with E-state index in [-0.39, 0.29) is 13.2 Å². The molecule has 7 heteroatoms. The van der Waals surface area contributed by atoms with Gasteiger partial charge < -0.3 is 15.2 Å². The fourth-order valence-corrected chi connectivity index (χ4v) is 4.17. The zero-order valence-electron chi connectivity index (χ0n) is 16.8. The van der Waals surface area contributed by atoms with E-state index in [1.807, 2.05) is 6.07 Å². The average Bonchev–Trinajstić information content (AvgIpc) is 2.68. The lowest BCUT2D eigenvalue weighted by Crippen LogP contribution is -2.37. The first-order chi connectivity index (χ1) is 13.4. The fraction of sp³-hybridized carbons (Fsp3) is 0.619. The number of hydrogen-bond donors (Lipinski definition) is 1. The summed E-state index contributed by atoms with van der Waals surface area (Å²) in [7, 11) is 0. The van der Waals surface area contributed by atoms with Gasteiger partial charge in [-0.15, -0.1) is 0 Å². The maximum atomic E-state index is 12.4. The smallest absolute Gasteiger partial charge is 0.338 e. The molecular weight excluding hydrogens is 424 g/mol. The summed E-state index contributed by atoms with van der Waals surface area (Å²) in [5, 5.41) is 0. The summed E-state index contributed by atoms with van der Waals surface area (Å²) in [5.41, 5.74) is 8.33. The third-order valence-corrected chi connectivity index (χ3v) is 5.70. The molecule has 0 aliphatic heterocycles. The largest absolute Gasteiger partial charge is 0.462 e. The second kappa shape index (κ2) is 11.4. The minimum absolute atomic E-state index is 0.0276. The van der Waals surface area contributed by atoms with Crippen molar-refractivity contribution in [3.8, 4) is 0 Å². The molecule has 1 aromatic rings. The van der Waals surface area contributed by atoms with Crippen LogP contribution in [-0.2, 0) is 20.8 Å². The molecular formula is C21H31BrN2O4. The molecule has 0 unspecified atom stereocenters. The Bertz CT molecular complexity index is 675. The van der Waals surface area contributed by atoms with Gasteiger partial charge in [-0.1, -0.05) is 26.2 Å². The Labute approximate surface area is 175 Å². The zero-order valence-corrected chi connectivity index (χ0v) is 18.4. The molecule has 1 aliphatic carbocycles. The molecule has 28 heavy (non-hydrogen) atoms. The number of rotatable bonds is 9. The molecule has 0 aromatic heterocycles. The first-order valence-electron chi connectivity index (χ1n) is 10.0. The number of carbonyl (C=O) groups excluding carboxylic acids is 2. The highest BCUT2D eigenvalue weighted by atomic mass is 79.9. The predicted octanol–water partition coefficient (Wildman–Crippen LogP) is 4.30. The van der Waals surface area contributed by atoms with E-state index in [1.165, 1.54) is 39.0 Å². The Kier molecular flexibility index (Phi) is 9.25. The minimum atomic E-state index is -0.450. The molecule has 0 heterocycles. The van der Waals surface area contributed by atoms with E-state index in [0.717, 1.165) is 25.1 Å². The first-order valence-corrected chi connectivity index (χ1v) is 10.8. The van der Waals surface area contributed by atoms with Crippen LogP contribution in [0.3, 0.4) is 0 Å². The van der Waals surface area contributed by atoms with Crippen LogP contribution in [0.5, 0.6) is 0 Å². The van der Waals surface area contributed by atoms with Crippen LogP contribution >= 0.6 is 15.9 Å². The van der Waals surface area contributed by atoms with Gasteiger partial charge in [0, 0.05) is 24.0 Å². The van der Waals surface area contributed by atoms with Crippen molar-refractivity contribution in [2.45, 2.75) is 65.0 Å². The van der Waals surface area contributed by atoms with Crippen molar-refractivity contribution in [2.75, 3.05) is 25.5 Å². The molecule has 1 aromatic carbocycles. The Hall–Kier alpha value is -1.60. The highest BCUT2D eigenvalue weighted by Crippen LogP contribution is 2.30. The fourth-order valence-electron chi connectivity index (χ4n) is 3.67. The summed E-state index contributed by atoms with van der Waals surface area (Å²) in [5.74, 6) is -0.846. The number of nitrogen functional groups attached to an aromatic ring is 1. The summed E-state index contributed by atoms with van der Waals surface area (Å²) in [4.78, 5) is 25.7. The third-order valence-electron chi connectivity index (χ3n) is 5.05. The van der Waals surface area contributed by atoms with Crippen LogP contribution in [0.15, 0.2) is 16.6 Å². The summed E-state index contributed by atoms with van der Waals surface area (Å²) in [6.07, 6.45) is 7.39. The van der Waals surface area contributed by atoms with Gasteiger partial charge in [0.1, 0.15) is 13.2 Å². The van der Waals surface area contributed by atoms with E-state index in [4.69, 9.17) is 15.2 Å². The van der Waals surface area contributed by atoms with E-state index >= 15 is 0 Å². The first kappa shape index (κ1) is 22.7. The number of anilines is 1. The van der Waals surface area contributed by atoms with E-state index in [2.05, 4.69) is 27.8 Å². The highest BCUT2D eigenvalue weighted by Gasteiger charge is 2.22. The molecule has 0 atom stereocenters. The van der Waals surface area contributed by atoms with Gasteiger partial charge in [-0.3, -0.25) is 9.69 Å². The molecule has 0 bridgehead atoms. The van der Waals surface area contributed by atoms with Crippen molar-refractivity contribution in [1.29, 1.82) is 0 Å². The van der Waals surface area contributed by atoms with Crippen molar-refractivity contribution >= 4 is 33.6 Å². The number of carbonyl (C=O) groups is 2. The zero-order chi connectivity index (χ0) is 20.5. The molecule has 156 valence electrons. The number of hydrogen-bond acceptors (Lipinski definition) is 6. The number of benzene rings is 1. The van der Waals surface area contributed by atoms with Crippen molar-refractivity contribution in [3.63, 3.8) is 0 Å². The Morgan fingerprint density at radius 3 is 2.50 bits per heavy atom. The van der Waals surface area contributed by atoms with Crippen LogP contribution in [0.1, 0.15) is 68.3 Å². The molecule has 2 rings (SSSR count). The maximum Gasteiger partial charge on any atom is 0.338 e. The topological polar surface area (TPSA) is 81.9 Å². The van der Waals surface area contributed by atoms with Crippen LogP contribution in [-0.4, -0.2) is 42.6 Å². The molecule has 1 aliphatic rings. The van der Waals surface area contributed by atoms with E-state index < -0.39 is 11.9 Å². The highest BCUT2D eigenvalue weighted by molar-refractivity contribution is 9.10. The van der Waals surface area contributed by atoms with Crippen LogP contribution in [0.2, 0.25) is 0 Å². The van der Waals surface area contributed by atoms with Gasteiger partial charge in [-0.2, -0.15) is 0 Å². The Morgan fingerprint density at radius 1 is 1.18 bits per heavy atom. The third kappa shape index (κ3) is 6.78. The maximum absolute atomic E-state index is 12.4. The van der Waals surface area contributed by atoms with Crippen molar-refractivity contribution in [3.05, 3.63) is 27.7 Å². The van der Waals surface area contributed by atoms with Gasteiger partial charge in [-0.05, 0) is 59.4 Å². The Balaban J connectivity index is 2.10. The van der Waals surface area contributed by atoms with Gasteiger partial charge in [0.15, 0.2) is 0 Å². The van der Waals surface area contributed by atoms with Gasteiger partial charge in [0.2, 0.25) is 0 Å². The van der Waals surface area contributed by atoms with Gasteiger partial charge in [-0.25, -0.2) is 4.79 Å². The number of esters is 2. The Morgan fingerprint density at radius 2 is 1.86 bits per heavy atom. The lowest BCUT2D eigenvalue weighted by molar-refractivity contribution is -0.142. The normalized spacial score (nSPS) is 14.9. The van der Waals surface area contributed by atoms with E-state index in [1.54, 1.807) is 6.07 Å². The molecule has 2 N–H and O–H groups in total. The SMILES string of the molecule is CCCN(Cc1cc(C(=O)OCCOC(C)=O)cc(Br)c1N)C1CCCCC1. The summed E-state index contributed by atoms with van der Waals surface area (Å²) >= 11 is 3.47. The number of halogens is 1. The van der Waals surface area contributed by atoms with Crippen LogP contribution in [0.4, 0.5) is 5.69 Å². The second-order valence-corrected chi connectivity index (χ2v) is 8.12. The number of nitrogens with zero attached hydrogens (tertiary/aromatic N) is 1. The molecule has 0 spiro atoms. The van der Waals surface area contributed by atoms with Crippen molar-refractivity contribution in [2.24, 2.45) is 0 Å². The van der Waals surface area contributed by atoms with Crippen molar-refractivity contribution in [1.82, 2.24) is 4.90 Å². The standard InChI is InChI=1S/C21H31BrN2O4/c1-3-9-24(18-7-5-4-6-8-18)14-17-12-16(13-19(22)20(17)23)21(26)28-11-10-27-15(2)25/h12-13,18H,3-11,14,23H2,1-2H3. The molecule has 6 nitrogen and oxygen atoms in total. The van der Waals surface area contributed by atoms with Gasteiger partial charge in [0.05, 0.1) is 11.3 Å². The van der Waals surface area contributed by atoms with Crippen LogP contribution < -0.4 is 5.73 Å². The molecule has 0 radical (unpaired) electrons. The quantitative estimate of drug-likeness (QED) is 0.340. The molecule has 1 fully saturated rings. The molecule has 0 amide bonds. The average molecular weight is 455 g/mol. The van der Waals surface area contributed by atoms with Gasteiger partial charge in [0.25, 0.3) is 0 Å². The van der Waals surface area contributed by atoms with Crippen LogP contribution in [0.25, 0.3) is 0 Å². The number of ether oxygens (including phenoxy) is 2. The predicted molar refractivity (Wildman–Crippen MR) is 113 cm³/mol. The van der Waals surface area contributed by atoms with E-state index in [9.17, 15) is 9.59 Å². The summed E-state index contributed by atoms with van der Waals surface area (Å²) in [6.45, 7) is 5.32. The summed E-state index contributed by atoms with van der Waals surface area (Å²) < 4.78 is 10.7.